The Bertz CT molecular complexity index is 536. The SMILES string of the molecule is O=C(/C=C/c1ccc(Cl)c(Cl)c1)N1CCC(F)(F)CC1. The third kappa shape index (κ3) is 3.93. The molecule has 1 saturated heterocycles. The number of hydrogen-bond donors (Lipinski definition) is 0. The standard InChI is InChI=1S/C14H13Cl2F2NO/c15-11-3-1-10(9-12(11)16)2-4-13(20)19-7-5-14(17,18)6-8-19/h1-4,9H,5-8H2/b4-2+. The summed E-state index contributed by atoms with van der Waals surface area (Å²) in [4.78, 5) is 13.3. The van der Waals surface area contributed by atoms with Crippen molar-refractivity contribution in [1.29, 1.82) is 0 Å². The van der Waals surface area contributed by atoms with Gasteiger partial charge in [0.05, 0.1) is 10.0 Å². The van der Waals surface area contributed by atoms with Gasteiger partial charge in [-0.05, 0) is 23.8 Å². The van der Waals surface area contributed by atoms with Gasteiger partial charge in [0, 0.05) is 32.0 Å². The van der Waals surface area contributed by atoms with Gasteiger partial charge in [0.1, 0.15) is 0 Å². The molecule has 0 aliphatic carbocycles. The Morgan fingerprint density at radius 1 is 1.20 bits per heavy atom. The third-order valence-corrected chi connectivity index (χ3v) is 3.91. The number of benzene rings is 1. The minimum Gasteiger partial charge on any atom is -0.339 e. The minimum atomic E-state index is -2.65. The van der Waals surface area contributed by atoms with E-state index in [1.165, 1.54) is 11.0 Å². The normalized spacial score (nSPS) is 18.5. The molecule has 1 aliphatic heterocycles. The number of likely N-dealkylation sites (tertiary alicyclic amines) is 1. The smallest absolute Gasteiger partial charge is 0.251 e. The number of alkyl halides is 2. The van der Waals surface area contributed by atoms with Gasteiger partial charge in [-0.25, -0.2) is 8.78 Å². The summed E-state index contributed by atoms with van der Waals surface area (Å²) in [6.45, 7) is 0.162. The van der Waals surface area contributed by atoms with Crippen LogP contribution in [-0.2, 0) is 4.79 Å². The van der Waals surface area contributed by atoms with E-state index in [9.17, 15) is 13.6 Å². The summed E-state index contributed by atoms with van der Waals surface area (Å²) in [6.07, 6.45) is 2.40. The second kappa shape index (κ2) is 6.10. The molecule has 0 bridgehead atoms. The Balaban J connectivity index is 1.97. The van der Waals surface area contributed by atoms with Crippen molar-refractivity contribution in [3.63, 3.8) is 0 Å². The minimum absolute atomic E-state index is 0.0809. The van der Waals surface area contributed by atoms with Crippen LogP contribution in [0.1, 0.15) is 18.4 Å². The monoisotopic (exact) mass is 319 g/mol. The average Bonchev–Trinajstić information content (AvgIpc) is 2.40. The van der Waals surface area contributed by atoms with Crippen molar-refractivity contribution in [3.8, 4) is 0 Å². The van der Waals surface area contributed by atoms with Crippen molar-refractivity contribution in [1.82, 2.24) is 4.90 Å². The molecule has 1 heterocycles. The molecule has 0 N–H and O–H groups in total. The molecule has 1 aliphatic rings. The molecule has 108 valence electrons. The number of piperidine rings is 1. The first-order chi connectivity index (χ1) is 9.37. The van der Waals surface area contributed by atoms with Crippen molar-refractivity contribution in [2.45, 2.75) is 18.8 Å². The van der Waals surface area contributed by atoms with Crippen LogP contribution in [-0.4, -0.2) is 29.8 Å². The molecule has 0 atom stereocenters. The Morgan fingerprint density at radius 3 is 2.45 bits per heavy atom. The number of rotatable bonds is 2. The zero-order valence-corrected chi connectivity index (χ0v) is 12.1. The van der Waals surface area contributed by atoms with E-state index in [0.717, 1.165) is 5.56 Å². The third-order valence-electron chi connectivity index (χ3n) is 3.17. The molecule has 2 nitrogen and oxygen atoms in total. The van der Waals surface area contributed by atoms with Crippen molar-refractivity contribution in [2.75, 3.05) is 13.1 Å². The topological polar surface area (TPSA) is 20.3 Å². The van der Waals surface area contributed by atoms with Crippen LogP contribution in [0.3, 0.4) is 0 Å². The predicted molar refractivity (Wildman–Crippen MR) is 76.3 cm³/mol. The molecule has 1 aromatic carbocycles. The maximum Gasteiger partial charge on any atom is 0.251 e. The Kier molecular flexibility index (Phi) is 4.66. The zero-order valence-electron chi connectivity index (χ0n) is 10.6. The molecule has 0 unspecified atom stereocenters. The van der Waals surface area contributed by atoms with Crippen LogP contribution in [0, 0.1) is 0 Å². The fourth-order valence-electron chi connectivity index (χ4n) is 1.94. The van der Waals surface area contributed by atoms with E-state index in [1.54, 1.807) is 24.3 Å². The van der Waals surface area contributed by atoms with E-state index in [2.05, 4.69) is 0 Å². The first kappa shape index (κ1) is 15.3. The summed E-state index contributed by atoms with van der Waals surface area (Å²) >= 11 is 11.7. The van der Waals surface area contributed by atoms with Gasteiger partial charge < -0.3 is 4.90 Å². The van der Waals surface area contributed by atoms with Gasteiger partial charge >= 0.3 is 0 Å². The molecule has 0 aromatic heterocycles. The Morgan fingerprint density at radius 2 is 1.85 bits per heavy atom. The summed E-state index contributed by atoms with van der Waals surface area (Å²) in [7, 11) is 0. The van der Waals surface area contributed by atoms with Gasteiger partial charge in [-0.1, -0.05) is 29.3 Å². The zero-order chi connectivity index (χ0) is 14.8. The molecule has 0 spiro atoms. The highest BCUT2D eigenvalue weighted by atomic mass is 35.5. The van der Waals surface area contributed by atoms with Crippen LogP contribution in [0.2, 0.25) is 10.0 Å². The lowest BCUT2D eigenvalue weighted by atomic mass is 10.1. The van der Waals surface area contributed by atoms with Crippen molar-refractivity contribution in [2.24, 2.45) is 0 Å². The molecule has 0 saturated carbocycles. The van der Waals surface area contributed by atoms with Crippen molar-refractivity contribution >= 4 is 35.2 Å². The van der Waals surface area contributed by atoms with Gasteiger partial charge in [0.15, 0.2) is 0 Å². The second-order valence-electron chi connectivity index (χ2n) is 4.69. The van der Waals surface area contributed by atoms with Gasteiger partial charge in [-0.2, -0.15) is 0 Å². The summed E-state index contributed by atoms with van der Waals surface area (Å²) in [5.41, 5.74) is 0.732. The quantitative estimate of drug-likeness (QED) is 0.746. The lowest BCUT2D eigenvalue weighted by Crippen LogP contribution is -2.42. The van der Waals surface area contributed by atoms with Gasteiger partial charge in [0.2, 0.25) is 5.91 Å². The Hall–Kier alpha value is -1.13. The maximum absolute atomic E-state index is 13.0. The lowest BCUT2D eigenvalue weighted by molar-refractivity contribution is -0.132. The number of halogens is 4. The molecule has 2 rings (SSSR count). The fourth-order valence-corrected chi connectivity index (χ4v) is 2.25. The van der Waals surface area contributed by atoms with E-state index in [4.69, 9.17) is 23.2 Å². The van der Waals surface area contributed by atoms with Gasteiger partial charge in [0.25, 0.3) is 5.92 Å². The molecule has 1 amide bonds. The van der Waals surface area contributed by atoms with Crippen LogP contribution in [0.5, 0.6) is 0 Å². The van der Waals surface area contributed by atoms with Crippen LogP contribution >= 0.6 is 23.2 Å². The molecule has 1 aromatic rings. The van der Waals surface area contributed by atoms with Gasteiger partial charge in [-0.3, -0.25) is 4.79 Å². The predicted octanol–water partition coefficient (Wildman–Crippen LogP) is 4.26. The van der Waals surface area contributed by atoms with Crippen LogP contribution < -0.4 is 0 Å². The maximum atomic E-state index is 13.0. The fraction of sp³-hybridized carbons (Fsp3) is 0.357. The molecule has 6 heteroatoms. The highest BCUT2D eigenvalue weighted by Crippen LogP contribution is 2.28. The molecule has 1 fully saturated rings. The summed E-state index contributed by atoms with van der Waals surface area (Å²) in [6, 6.07) is 5.00. The van der Waals surface area contributed by atoms with Crippen LogP contribution in [0.15, 0.2) is 24.3 Å². The molecule has 0 radical (unpaired) electrons. The van der Waals surface area contributed by atoms with E-state index < -0.39 is 5.92 Å². The summed E-state index contributed by atoms with van der Waals surface area (Å²) in [5, 5.41) is 0.840. The molecular formula is C14H13Cl2F2NO. The second-order valence-corrected chi connectivity index (χ2v) is 5.50. The lowest BCUT2D eigenvalue weighted by Gasteiger charge is -2.30. The van der Waals surface area contributed by atoms with E-state index in [-0.39, 0.29) is 31.8 Å². The van der Waals surface area contributed by atoms with E-state index in [0.29, 0.717) is 10.0 Å². The number of nitrogens with zero attached hydrogens (tertiary/aromatic N) is 1. The highest BCUT2D eigenvalue weighted by molar-refractivity contribution is 6.42. The number of amides is 1. The van der Waals surface area contributed by atoms with Crippen molar-refractivity contribution < 1.29 is 13.6 Å². The number of hydrogen-bond acceptors (Lipinski definition) is 1. The first-order valence-electron chi connectivity index (χ1n) is 6.17. The summed E-state index contributed by atoms with van der Waals surface area (Å²) in [5.74, 6) is -2.92. The molecular weight excluding hydrogens is 307 g/mol. The Labute approximate surface area is 126 Å². The first-order valence-corrected chi connectivity index (χ1v) is 6.93. The number of carbonyl (C=O) groups excluding carboxylic acids is 1. The van der Waals surface area contributed by atoms with E-state index >= 15 is 0 Å². The van der Waals surface area contributed by atoms with Gasteiger partial charge in [-0.15, -0.1) is 0 Å². The van der Waals surface area contributed by atoms with Crippen molar-refractivity contribution in [3.05, 3.63) is 39.9 Å². The highest BCUT2D eigenvalue weighted by Gasteiger charge is 2.34. The largest absolute Gasteiger partial charge is 0.339 e. The van der Waals surface area contributed by atoms with Crippen LogP contribution in [0.4, 0.5) is 8.78 Å². The van der Waals surface area contributed by atoms with E-state index in [1.807, 2.05) is 0 Å². The number of carbonyl (C=O) groups is 1. The molecule has 20 heavy (non-hydrogen) atoms. The average molecular weight is 320 g/mol. The van der Waals surface area contributed by atoms with Crippen LogP contribution in [0.25, 0.3) is 6.08 Å². The summed E-state index contributed by atoms with van der Waals surface area (Å²) < 4.78 is 26.0.